The van der Waals surface area contributed by atoms with Crippen molar-refractivity contribution in [1.29, 1.82) is 0 Å². The molecule has 0 fully saturated rings. The SMILES string of the molecule is CCCCCCCCC=Cc1c[nH]nn1. The fourth-order valence-corrected chi connectivity index (χ4v) is 1.54. The number of H-pyrrole nitrogens is 1. The molecule has 0 saturated heterocycles. The number of hydrogen-bond acceptors (Lipinski definition) is 2. The van der Waals surface area contributed by atoms with E-state index in [0.29, 0.717) is 0 Å². The highest BCUT2D eigenvalue weighted by atomic mass is 15.3. The van der Waals surface area contributed by atoms with Crippen molar-refractivity contribution in [3.8, 4) is 0 Å². The first-order chi connectivity index (χ1) is 7.43. The van der Waals surface area contributed by atoms with Crippen LogP contribution in [0.3, 0.4) is 0 Å². The van der Waals surface area contributed by atoms with Crippen LogP contribution in [0.1, 0.15) is 57.6 Å². The summed E-state index contributed by atoms with van der Waals surface area (Å²) in [5.41, 5.74) is 0.918. The minimum atomic E-state index is 0.918. The van der Waals surface area contributed by atoms with Crippen LogP contribution >= 0.6 is 0 Å². The van der Waals surface area contributed by atoms with Crippen LogP contribution in [-0.4, -0.2) is 15.4 Å². The molecule has 1 rings (SSSR count). The zero-order valence-corrected chi connectivity index (χ0v) is 9.58. The highest BCUT2D eigenvalue weighted by molar-refractivity contribution is 5.41. The number of unbranched alkanes of at least 4 members (excludes halogenated alkanes) is 6. The van der Waals surface area contributed by atoms with Gasteiger partial charge >= 0.3 is 0 Å². The van der Waals surface area contributed by atoms with E-state index in [0.717, 1.165) is 12.1 Å². The zero-order valence-electron chi connectivity index (χ0n) is 9.58. The van der Waals surface area contributed by atoms with Crippen LogP contribution in [0, 0.1) is 0 Å². The van der Waals surface area contributed by atoms with E-state index in [1.807, 2.05) is 6.08 Å². The Hall–Kier alpha value is -1.12. The van der Waals surface area contributed by atoms with Gasteiger partial charge in [-0.3, -0.25) is 5.10 Å². The van der Waals surface area contributed by atoms with Gasteiger partial charge in [-0.05, 0) is 18.9 Å². The molecule has 0 aliphatic heterocycles. The summed E-state index contributed by atoms with van der Waals surface area (Å²) in [5.74, 6) is 0. The summed E-state index contributed by atoms with van der Waals surface area (Å²) in [6, 6.07) is 0. The van der Waals surface area contributed by atoms with Crippen molar-refractivity contribution >= 4 is 6.08 Å². The van der Waals surface area contributed by atoms with Gasteiger partial charge in [0, 0.05) is 6.20 Å². The quantitative estimate of drug-likeness (QED) is 0.662. The predicted octanol–water partition coefficient (Wildman–Crippen LogP) is 3.57. The molecular weight excluding hydrogens is 186 g/mol. The van der Waals surface area contributed by atoms with E-state index in [-0.39, 0.29) is 0 Å². The summed E-state index contributed by atoms with van der Waals surface area (Å²) in [6.07, 6.45) is 15.3. The van der Waals surface area contributed by atoms with Gasteiger partial charge in [0.05, 0.1) is 0 Å². The minimum absolute atomic E-state index is 0.918. The third-order valence-corrected chi connectivity index (χ3v) is 2.45. The number of hydrogen-bond donors (Lipinski definition) is 1. The second-order valence-electron chi connectivity index (χ2n) is 3.86. The summed E-state index contributed by atoms with van der Waals surface area (Å²) in [7, 11) is 0. The number of aromatic nitrogens is 3. The third kappa shape index (κ3) is 6.05. The van der Waals surface area contributed by atoms with Crippen LogP contribution in [0.5, 0.6) is 0 Å². The summed E-state index contributed by atoms with van der Waals surface area (Å²) in [4.78, 5) is 0. The number of rotatable bonds is 8. The van der Waals surface area contributed by atoms with E-state index < -0.39 is 0 Å². The maximum absolute atomic E-state index is 3.88. The molecule has 0 unspecified atom stereocenters. The summed E-state index contributed by atoms with van der Waals surface area (Å²) < 4.78 is 0. The molecule has 0 amide bonds. The molecule has 15 heavy (non-hydrogen) atoms. The standard InChI is InChI=1S/C12H21N3/c1-2-3-4-5-6-7-8-9-10-12-11-13-15-14-12/h9-11H,2-8H2,1H3,(H,13,14,15). The average Bonchev–Trinajstić information content (AvgIpc) is 2.75. The predicted molar refractivity (Wildman–Crippen MR) is 63.4 cm³/mol. The summed E-state index contributed by atoms with van der Waals surface area (Å²) in [5, 5.41) is 10.2. The van der Waals surface area contributed by atoms with Crippen molar-refractivity contribution in [2.45, 2.75) is 51.9 Å². The lowest BCUT2D eigenvalue weighted by molar-refractivity contribution is 0.611. The Balaban J connectivity index is 1.93. The van der Waals surface area contributed by atoms with Crippen LogP contribution in [0.4, 0.5) is 0 Å². The molecule has 0 atom stereocenters. The molecule has 1 N–H and O–H groups in total. The maximum atomic E-state index is 3.88. The van der Waals surface area contributed by atoms with Crippen LogP contribution in [-0.2, 0) is 0 Å². The lowest BCUT2D eigenvalue weighted by atomic mass is 10.1. The molecule has 1 heterocycles. The smallest absolute Gasteiger partial charge is 0.105 e. The third-order valence-electron chi connectivity index (χ3n) is 2.45. The zero-order chi connectivity index (χ0) is 10.8. The minimum Gasteiger partial charge on any atom is -0.265 e. The molecule has 84 valence electrons. The Bertz CT molecular complexity index is 252. The van der Waals surface area contributed by atoms with E-state index in [4.69, 9.17) is 0 Å². The molecule has 3 nitrogen and oxygen atoms in total. The van der Waals surface area contributed by atoms with Crippen LogP contribution in [0.2, 0.25) is 0 Å². The van der Waals surface area contributed by atoms with Crippen molar-refractivity contribution in [2.24, 2.45) is 0 Å². The van der Waals surface area contributed by atoms with Crippen molar-refractivity contribution in [3.63, 3.8) is 0 Å². The first-order valence-electron chi connectivity index (χ1n) is 5.96. The van der Waals surface area contributed by atoms with Crippen molar-refractivity contribution in [1.82, 2.24) is 15.4 Å². The second-order valence-corrected chi connectivity index (χ2v) is 3.86. The Morgan fingerprint density at radius 3 is 2.73 bits per heavy atom. The summed E-state index contributed by atoms with van der Waals surface area (Å²) >= 11 is 0. The fourth-order valence-electron chi connectivity index (χ4n) is 1.54. The van der Waals surface area contributed by atoms with Gasteiger partial charge in [-0.15, -0.1) is 5.10 Å². The normalized spacial score (nSPS) is 11.3. The first kappa shape index (κ1) is 12.0. The van der Waals surface area contributed by atoms with Crippen LogP contribution < -0.4 is 0 Å². The van der Waals surface area contributed by atoms with Gasteiger partial charge in [0.1, 0.15) is 5.69 Å². The van der Waals surface area contributed by atoms with Crippen molar-refractivity contribution < 1.29 is 0 Å². The molecule has 3 heteroatoms. The van der Waals surface area contributed by atoms with Gasteiger partial charge in [0.2, 0.25) is 0 Å². The Morgan fingerprint density at radius 2 is 2.00 bits per heavy atom. The molecular formula is C12H21N3. The molecule has 0 aliphatic rings. The van der Waals surface area contributed by atoms with E-state index in [1.165, 1.54) is 38.5 Å². The van der Waals surface area contributed by atoms with Crippen molar-refractivity contribution in [3.05, 3.63) is 18.0 Å². The van der Waals surface area contributed by atoms with Gasteiger partial charge in [0.25, 0.3) is 0 Å². The van der Waals surface area contributed by atoms with Gasteiger partial charge in [-0.2, -0.15) is 0 Å². The monoisotopic (exact) mass is 207 g/mol. The highest BCUT2D eigenvalue weighted by Crippen LogP contribution is 2.07. The largest absolute Gasteiger partial charge is 0.265 e. The van der Waals surface area contributed by atoms with E-state index in [2.05, 4.69) is 28.4 Å². The summed E-state index contributed by atoms with van der Waals surface area (Å²) in [6.45, 7) is 2.25. The van der Waals surface area contributed by atoms with E-state index in [1.54, 1.807) is 6.20 Å². The maximum Gasteiger partial charge on any atom is 0.105 e. The molecule has 1 aromatic rings. The number of nitrogens with one attached hydrogen (secondary N) is 1. The Labute approximate surface area is 92.0 Å². The lowest BCUT2D eigenvalue weighted by Gasteiger charge is -1.97. The molecule has 1 aromatic heterocycles. The van der Waals surface area contributed by atoms with Gasteiger partial charge in [-0.1, -0.05) is 50.3 Å². The van der Waals surface area contributed by atoms with E-state index in [9.17, 15) is 0 Å². The van der Waals surface area contributed by atoms with Gasteiger partial charge < -0.3 is 0 Å². The average molecular weight is 207 g/mol. The Morgan fingerprint density at radius 1 is 1.20 bits per heavy atom. The highest BCUT2D eigenvalue weighted by Gasteiger charge is 1.89. The number of allylic oxidation sites excluding steroid dienone is 1. The van der Waals surface area contributed by atoms with Crippen LogP contribution in [0.15, 0.2) is 12.3 Å². The topological polar surface area (TPSA) is 41.6 Å². The molecule has 0 aromatic carbocycles. The molecule has 0 spiro atoms. The fraction of sp³-hybridized carbons (Fsp3) is 0.667. The molecule has 0 bridgehead atoms. The number of nitrogens with zero attached hydrogens (tertiary/aromatic N) is 2. The molecule has 0 saturated carbocycles. The molecule has 0 aliphatic carbocycles. The van der Waals surface area contributed by atoms with Crippen molar-refractivity contribution in [2.75, 3.05) is 0 Å². The lowest BCUT2D eigenvalue weighted by Crippen LogP contribution is -1.77. The number of aromatic amines is 1. The molecule has 0 radical (unpaired) electrons. The second kappa shape index (κ2) is 8.21. The van der Waals surface area contributed by atoms with E-state index >= 15 is 0 Å². The first-order valence-corrected chi connectivity index (χ1v) is 5.96. The van der Waals surface area contributed by atoms with Crippen LogP contribution in [0.25, 0.3) is 6.08 Å². The van der Waals surface area contributed by atoms with Gasteiger partial charge in [0.15, 0.2) is 0 Å². The van der Waals surface area contributed by atoms with Gasteiger partial charge in [-0.25, -0.2) is 0 Å². The Kier molecular flexibility index (Phi) is 6.54.